The highest BCUT2D eigenvalue weighted by atomic mass is 32.2. The fourth-order valence-electron chi connectivity index (χ4n) is 2.57. The topological polar surface area (TPSA) is 111 Å². The quantitative estimate of drug-likeness (QED) is 0.512. The van der Waals surface area contributed by atoms with E-state index in [1.165, 1.54) is 11.8 Å². The molecule has 1 aromatic carbocycles. The lowest BCUT2D eigenvalue weighted by molar-refractivity contribution is -0.118. The number of pyridine rings is 1. The van der Waals surface area contributed by atoms with Gasteiger partial charge in [-0.25, -0.2) is 4.98 Å². The van der Waals surface area contributed by atoms with Gasteiger partial charge in [-0.05, 0) is 29.8 Å². The van der Waals surface area contributed by atoms with E-state index in [1.54, 1.807) is 45.9 Å². The summed E-state index contributed by atoms with van der Waals surface area (Å²) in [4.78, 5) is 20.6. The summed E-state index contributed by atoms with van der Waals surface area (Å²) in [5.74, 6) is 2.27. The zero-order chi connectivity index (χ0) is 20.6. The molecule has 0 spiro atoms. The smallest absolute Gasteiger partial charge is 0.230 e. The minimum atomic E-state index is -0.140. The molecule has 2 aromatic heterocycles. The maximum Gasteiger partial charge on any atom is 0.230 e. The summed E-state index contributed by atoms with van der Waals surface area (Å²) in [6.07, 6.45) is 3.36. The zero-order valence-electron chi connectivity index (χ0n) is 16.3. The Bertz CT molecular complexity index is 939. The largest absolute Gasteiger partial charge is 0.493 e. The molecule has 0 aliphatic carbocycles. The van der Waals surface area contributed by atoms with Gasteiger partial charge < -0.3 is 19.5 Å². The van der Waals surface area contributed by atoms with Crippen molar-refractivity contribution in [2.45, 2.75) is 11.7 Å². The average molecular weight is 415 g/mol. The molecule has 2 heterocycles. The Morgan fingerprint density at radius 3 is 2.41 bits per heavy atom. The van der Waals surface area contributed by atoms with Crippen molar-refractivity contribution in [1.29, 1.82) is 0 Å². The molecule has 9 nitrogen and oxygen atoms in total. The molecule has 3 rings (SSSR count). The average Bonchev–Trinajstić information content (AvgIpc) is 3.25. The maximum absolute atomic E-state index is 12.2. The molecule has 0 atom stereocenters. The number of benzene rings is 1. The number of hydrogen-bond acceptors (Lipinski definition) is 8. The van der Waals surface area contributed by atoms with Crippen LogP contribution in [0.5, 0.6) is 17.2 Å². The Hall–Kier alpha value is -3.27. The van der Waals surface area contributed by atoms with Crippen molar-refractivity contribution in [1.82, 2.24) is 25.5 Å². The second kappa shape index (κ2) is 9.78. The van der Waals surface area contributed by atoms with E-state index >= 15 is 0 Å². The number of aromatic nitrogens is 4. The van der Waals surface area contributed by atoms with Crippen LogP contribution in [0.3, 0.4) is 0 Å². The number of hydrogen-bond donors (Lipinski definition) is 2. The van der Waals surface area contributed by atoms with Crippen LogP contribution in [-0.4, -0.2) is 53.2 Å². The first-order valence-electron chi connectivity index (χ1n) is 8.65. The van der Waals surface area contributed by atoms with Crippen LogP contribution in [0.2, 0.25) is 0 Å². The highest BCUT2D eigenvalue weighted by molar-refractivity contribution is 7.99. The lowest BCUT2D eigenvalue weighted by atomic mass is 10.2. The van der Waals surface area contributed by atoms with E-state index in [1.807, 2.05) is 12.1 Å². The summed E-state index contributed by atoms with van der Waals surface area (Å²) in [6, 6.07) is 7.26. The summed E-state index contributed by atoms with van der Waals surface area (Å²) in [6.45, 7) is 0.326. The van der Waals surface area contributed by atoms with Gasteiger partial charge in [0.1, 0.15) is 0 Å². The van der Waals surface area contributed by atoms with Crippen LogP contribution >= 0.6 is 11.8 Å². The Balaban J connectivity index is 1.55. The van der Waals surface area contributed by atoms with Gasteiger partial charge >= 0.3 is 0 Å². The molecule has 29 heavy (non-hydrogen) atoms. The van der Waals surface area contributed by atoms with Gasteiger partial charge in [-0.15, -0.1) is 5.10 Å². The molecule has 0 fully saturated rings. The molecule has 3 aromatic rings. The van der Waals surface area contributed by atoms with Crippen LogP contribution < -0.4 is 19.5 Å². The molecule has 152 valence electrons. The minimum absolute atomic E-state index is 0.140. The normalized spacial score (nSPS) is 10.4. The Morgan fingerprint density at radius 1 is 1.10 bits per heavy atom. The second-order valence-electron chi connectivity index (χ2n) is 5.80. The number of aromatic amines is 1. The number of carbonyl (C=O) groups is 1. The highest BCUT2D eigenvalue weighted by Crippen LogP contribution is 2.38. The molecule has 0 saturated heterocycles. The van der Waals surface area contributed by atoms with Gasteiger partial charge in [0.2, 0.25) is 16.8 Å². The number of ether oxygens (including phenoxy) is 3. The molecule has 0 radical (unpaired) electrons. The number of H-pyrrole nitrogens is 1. The van der Waals surface area contributed by atoms with E-state index in [0.717, 1.165) is 11.1 Å². The van der Waals surface area contributed by atoms with Gasteiger partial charge in [-0.2, -0.15) is 0 Å². The molecule has 0 aliphatic heterocycles. The number of rotatable bonds is 9. The van der Waals surface area contributed by atoms with Crippen LogP contribution in [-0.2, 0) is 11.3 Å². The van der Waals surface area contributed by atoms with Crippen molar-refractivity contribution in [2.24, 2.45) is 0 Å². The SMILES string of the molecule is COc1cc(CNC(=O)CSc2n[nH]c(-c3ccncc3)n2)cc(OC)c1OC. The number of carbonyl (C=O) groups excluding carboxylic acids is 1. The van der Waals surface area contributed by atoms with E-state index in [-0.39, 0.29) is 11.7 Å². The van der Waals surface area contributed by atoms with E-state index in [4.69, 9.17) is 14.2 Å². The molecule has 2 N–H and O–H groups in total. The monoisotopic (exact) mass is 415 g/mol. The third-order valence-corrected chi connectivity index (χ3v) is 4.81. The van der Waals surface area contributed by atoms with Crippen molar-refractivity contribution in [3.8, 4) is 28.6 Å². The van der Waals surface area contributed by atoms with Crippen molar-refractivity contribution in [3.63, 3.8) is 0 Å². The minimum Gasteiger partial charge on any atom is -0.493 e. The third-order valence-electron chi connectivity index (χ3n) is 3.97. The first kappa shape index (κ1) is 20.5. The number of nitrogens with zero attached hydrogens (tertiary/aromatic N) is 3. The standard InChI is InChI=1S/C19H21N5O4S/c1-26-14-8-12(9-15(27-2)17(14)28-3)10-21-16(25)11-29-19-22-18(23-24-19)13-4-6-20-7-5-13/h4-9H,10-11H2,1-3H3,(H,21,25)(H,22,23,24). The van der Waals surface area contributed by atoms with E-state index < -0.39 is 0 Å². The predicted molar refractivity (Wildman–Crippen MR) is 108 cm³/mol. The Kier molecular flexibility index (Phi) is 6.90. The summed E-state index contributed by atoms with van der Waals surface area (Å²) in [5.41, 5.74) is 1.71. The molecule has 10 heteroatoms. The van der Waals surface area contributed by atoms with Gasteiger partial charge in [-0.1, -0.05) is 11.8 Å². The summed E-state index contributed by atoms with van der Waals surface area (Å²) in [5, 5.41) is 10.3. The fourth-order valence-corrected chi connectivity index (χ4v) is 3.20. The Labute approximate surface area is 172 Å². The van der Waals surface area contributed by atoms with Gasteiger partial charge in [0.25, 0.3) is 0 Å². The van der Waals surface area contributed by atoms with Crippen molar-refractivity contribution in [3.05, 3.63) is 42.2 Å². The van der Waals surface area contributed by atoms with E-state index in [0.29, 0.717) is 34.8 Å². The number of methoxy groups -OCH3 is 3. The second-order valence-corrected chi connectivity index (χ2v) is 6.74. The fraction of sp³-hybridized carbons (Fsp3) is 0.263. The van der Waals surface area contributed by atoms with Crippen LogP contribution in [0.4, 0.5) is 0 Å². The summed E-state index contributed by atoms with van der Waals surface area (Å²) in [7, 11) is 4.64. The highest BCUT2D eigenvalue weighted by Gasteiger charge is 2.14. The first-order chi connectivity index (χ1) is 14.1. The maximum atomic E-state index is 12.2. The van der Waals surface area contributed by atoms with Crippen LogP contribution in [0.1, 0.15) is 5.56 Å². The number of thioether (sulfide) groups is 1. The molecule has 0 bridgehead atoms. The van der Waals surface area contributed by atoms with E-state index in [2.05, 4.69) is 25.5 Å². The molecule has 0 saturated carbocycles. The molecular weight excluding hydrogens is 394 g/mol. The third kappa shape index (κ3) is 5.17. The molecule has 0 unspecified atom stereocenters. The molecular formula is C19H21N5O4S. The lowest BCUT2D eigenvalue weighted by Crippen LogP contribution is -2.24. The summed E-state index contributed by atoms with van der Waals surface area (Å²) >= 11 is 1.25. The van der Waals surface area contributed by atoms with Gasteiger partial charge in [0, 0.05) is 24.5 Å². The van der Waals surface area contributed by atoms with Crippen molar-refractivity contribution in [2.75, 3.05) is 27.1 Å². The number of amides is 1. The Morgan fingerprint density at radius 2 is 1.79 bits per heavy atom. The van der Waals surface area contributed by atoms with Gasteiger partial charge in [0.15, 0.2) is 17.3 Å². The van der Waals surface area contributed by atoms with Gasteiger partial charge in [-0.3, -0.25) is 14.9 Å². The van der Waals surface area contributed by atoms with Gasteiger partial charge in [0.05, 0.1) is 27.1 Å². The van der Waals surface area contributed by atoms with E-state index in [9.17, 15) is 4.79 Å². The van der Waals surface area contributed by atoms with Crippen molar-refractivity contribution >= 4 is 17.7 Å². The number of nitrogens with one attached hydrogen (secondary N) is 2. The van der Waals surface area contributed by atoms with Crippen molar-refractivity contribution < 1.29 is 19.0 Å². The molecule has 0 aliphatic rings. The van der Waals surface area contributed by atoms with Crippen LogP contribution in [0, 0.1) is 0 Å². The van der Waals surface area contributed by atoms with Crippen LogP contribution in [0.15, 0.2) is 41.8 Å². The molecule has 1 amide bonds. The predicted octanol–water partition coefficient (Wildman–Crippen LogP) is 2.30. The zero-order valence-corrected chi connectivity index (χ0v) is 17.1. The lowest BCUT2D eigenvalue weighted by Gasteiger charge is -2.14. The summed E-state index contributed by atoms with van der Waals surface area (Å²) < 4.78 is 15.9. The van der Waals surface area contributed by atoms with Crippen LogP contribution in [0.25, 0.3) is 11.4 Å². The first-order valence-corrected chi connectivity index (χ1v) is 9.64.